The zero-order chi connectivity index (χ0) is 15.8. The van der Waals surface area contributed by atoms with Gasteiger partial charge in [0.1, 0.15) is 5.82 Å². The number of aryl methyl sites for hydroxylation is 1. The molecule has 1 fully saturated rings. The van der Waals surface area contributed by atoms with Crippen molar-refractivity contribution in [2.75, 3.05) is 5.32 Å². The molecular formula is C16H24BrN3O. The highest BCUT2D eigenvalue weighted by molar-refractivity contribution is 9.10. The Bertz CT molecular complexity index is 544. The fourth-order valence-electron chi connectivity index (χ4n) is 3.19. The van der Waals surface area contributed by atoms with E-state index < -0.39 is 0 Å². The maximum absolute atomic E-state index is 12.7. The van der Waals surface area contributed by atoms with Gasteiger partial charge in [-0.05, 0) is 58.7 Å². The number of aromatic nitrogens is 1. The van der Waals surface area contributed by atoms with Crippen LogP contribution in [0.4, 0.5) is 5.82 Å². The molecule has 1 aromatic rings. The van der Waals surface area contributed by atoms with Crippen LogP contribution >= 0.6 is 15.9 Å². The largest absolute Gasteiger partial charge is 0.327 e. The van der Waals surface area contributed by atoms with Gasteiger partial charge < -0.3 is 11.1 Å². The van der Waals surface area contributed by atoms with Crippen molar-refractivity contribution >= 4 is 27.7 Å². The number of nitrogens with one attached hydrogen (secondary N) is 1. The number of halogens is 1. The molecule has 1 aromatic heterocycles. The summed E-state index contributed by atoms with van der Waals surface area (Å²) in [6.45, 7) is 8.37. The van der Waals surface area contributed by atoms with Crippen molar-refractivity contribution in [3.63, 3.8) is 0 Å². The summed E-state index contributed by atoms with van der Waals surface area (Å²) in [5.74, 6) is 0.983. The van der Waals surface area contributed by atoms with Crippen molar-refractivity contribution in [3.8, 4) is 0 Å². The van der Waals surface area contributed by atoms with Gasteiger partial charge in [0, 0.05) is 22.6 Å². The lowest BCUT2D eigenvalue weighted by Gasteiger charge is -2.45. The van der Waals surface area contributed by atoms with Crippen LogP contribution in [0, 0.1) is 24.2 Å². The molecule has 0 radical (unpaired) electrons. The SMILES string of the molecule is Cc1cc(Br)cnc1NC(=O)C1CCC(N)C(C)C1(C)C. The van der Waals surface area contributed by atoms with E-state index in [1.165, 1.54) is 0 Å². The van der Waals surface area contributed by atoms with E-state index in [4.69, 9.17) is 5.73 Å². The third kappa shape index (κ3) is 3.29. The number of pyridine rings is 1. The van der Waals surface area contributed by atoms with Crippen LogP contribution in [-0.4, -0.2) is 16.9 Å². The molecule has 0 aliphatic heterocycles. The molecule has 116 valence electrons. The van der Waals surface area contributed by atoms with Crippen LogP contribution in [-0.2, 0) is 4.79 Å². The van der Waals surface area contributed by atoms with Gasteiger partial charge in [0.05, 0.1) is 0 Å². The first-order chi connectivity index (χ1) is 9.73. The highest BCUT2D eigenvalue weighted by Gasteiger charge is 2.45. The van der Waals surface area contributed by atoms with Crippen LogP contribution < -0.4 is 11.1 Å². The quantitative estimate of drug-likeness (QED) is 0.854. The van der Waals surface area contributed by atoms with Gasteiger partial charge in [-0.15, -0.1) is 0 Å². The van der Waals surface area contributed by atoms with Crippen LogP contribution in [0.1, 0.15) is 39.2 Å². The molecule has 3 atom stereocenters. The number of nitrogens with two attached hydrogens (primary N) is 1. The van der Waals surface area contributed by atoms with Gasteiger partial charge in [0.25, 0.3) is 0 Å². The van der Waals surface area contributed by atoms with E-state index in [0.29, 0.717) is 11.7 Å². The predicted octanol–water partition coefficient (Wildman–Crippen LogP) is 3.49. The standard InChI is InChI=1S/C16H24BrN3O/c1-9-7-11(17)8-19-14(9)20-15(21)12-5-6-13(18)10(2)16(12,3)4/h7-8,10,12-13H,5-6,18H2,1-4H3,(H,19,20,21). The van der Waals surface area contributed by atoms with E-state index >= 15 is 0 Å². The molecule has 1 saturated carbocycles. The summed E-state index contributed by atoms with van der Waals surface area (Å²) in [4.78, 5) is 17.0. The Balaban J connectivity index is 2.16. The van der Waals surface area contributed by atoms with Crippen LogP contribution in [0.25, 0.3) is 0 Å². The van der Waals surface area contributed by atoms with E-state index in [9.17, 15) is 4.79 Å². The van der Waals surface area contributed by atoms with Gasteiger partial charge >= 0.3 is 0 Å². The summed E-state index contributed by atoms with van der Waals surface area (Å²) in [5, 5.41) is 2.99. The van der Waals surface area contributed by atoms with Crippen LogP contribution in [0.2, 0.25) is 0 Å². The Morgan fingerprint density at radius 3 is 2.76 bits per heavy atom. The Morgan fingerprint density at radius 1 is 1.48 bits per heavy atom. The first-order valence-corrected chi connectivity index (χ1v) is 8.21. The number of amides is 1. The minimum absolute atomic E-state index is 0.0304. The number of carbonyl (C=O) groups excluding carboxylic acids is 1. The average Bonchev–Trinajstić information content (AvgIpc) is 2.39. The van der Waals surface area contributed by atoms with Gasteiger partial charge in [0.2, 0.25) is 5.91 Å². The molecule has 21 heavy (non-hydrogen) atoms. The number of rotatable bonds is 2. The molecule has 0 bridgehead atoms. The second kappa shape index (κ2) is 6.05. The molecule has 0 aromatic carbocycles. The van der Waals surface area contributed by atoms with Crippen molar-refractivity contribution < 1.29 is 4.79 Å². The highest BCUT2D eigenvalue weighted by Crippen LogP contribution is 2.44. The van der Waals surface area contributed by atoms with E-state index in [1.807, 2.05) is 13.0 Å². The zero-order valence-electron chi connectivity index (χ0n) is 13.1. The monoisotopic (exact) mass is 353 g/mol. The zero-order valence-corrected chi connectivity index (χ0v) is 14.7. The van der Waals surface area contributed by atoms with Crippen molar-refractivity contribution in [1.82, 2.24) is 4.98 Å². The summed E-state index contributed by atoms with van der Waals surface area (Å²) in [7, 11) is 0. The number of nitrogens with zero attached hydrogens (tertiary/aromatic N) is 1. The fourth-order valence-corrected chi connectivity index (χ4v) is 3.64. The van der Waals surface area contributed by atoms with Crippen molar-refractivity contribution in [2.45, 2.75) is 46.6 Å². The molecule has 1 aliphatic rings. The van der Waals surface area contributed by atoms with Crippen molar-refractivity contribution in [3.05, 3.63) is 22.3 Å². The second-order valence-corrected chi connectivity index (χ2v) is 7.63. The lowest BCUT2D eigenvalue weighted by molar-refractivity contribution is -0.127. The normalized spacial score (nSPS) is 28.2. The van der Waals surface area contributed by atoms with Gasteiger partial charge in [-0.2, -0.15) is 0 Å². The fraction of sp³-hybridized carbons (Fsp3) is 0.625. The predicted molar refractivity (Wildman–Crippen MR) is 88.9 cm³/mol. The average molecular weight is 354 g/mol. The summed E-state index contributed by atoms with van der Waals surface area (Å²) >= 11 is 3.38. The Kier molecular flexibility index (Phi) is 4.73. The smallest absolute Gasteiger partial charge is 0.229 e. The number of anilines is 1. The van der Waals surface area contributed by atoms with Crippen molar-refractivity contribution in [1.29, 1.82) is 0 Å². The lowest BCUT2D eigenvalue weighted by Crippen LogP contribution is -2.50. The maximum Gasteiger partial charge on any atom is 0.229 e. The third-order valence-corrected chi connectivity index (χ3v) is 5.54. The minimum Gasteiger partial charge on any atom is -0.327 e. The molecule has 1 aliphatic carbocycles. The molecule has 2 rings (SSSR count). The van der Waals surface area contributed by atoms with E-state index in [2.05, 4.69) is 47.0 Å². The van der Waals surface area contributed by atoms with E-state index in [-0.39, 0.29) is 23.3 Å². The molecule has 1 amide bonds. The van der Waals surface area contributed by atoms with Crippen LogP contribution in [0.3, 0.4) is 0 Å². The van der Waals surface area contributed by atoms with Gasteiger partial charge in [-0.3, -0.25) is 4.79 Å². The second-order valence-electron chi connectivity index (χ2n) is 6.71. The lowest BCUT2D eigenvalue weighted by atomic mass is 9.61. The molecule has 0 spiro atoms. The molecule has 3 N–H and O–H groups in total. The van der Waals surface area contributed by atoms with Gasteiger partial charge in [-0.1, -0.05) is 20.8 Å². The number of hydrogen-bond acceptors (Lipinski definition) is 3. The summed E-state index contributed by atoms with van der Waals surface area (Å²) < 4.78 is 0.913. The summed E-state index contributed by atoms with van der Waals surface area (Å²) in [5.41, 5.74) is 7.01. The molecule has 3 unspecified atom stereocenters. The van der Waals surface area contributed by atoms with E-state index in [1.54, 1.807) is 6.20 Å². The molecule has 1 heterocycles. The van der Waals surface area contributed by atoms with Crippen LogP contribution in [0.15, 0.2) is 16.7 Å². The Hall–Kier alpha value is -0.940. The highest BCUT2D eigenvalue weighted by atomic mass is 79.9. The molecule has 0 saturated heterocycles. The molecule has 5 heteroatoms. The van der Waals surface area contributed by atoms with Gasteiger partial charge in [0.15, 0.2) is 0 Å². The Morgan fingerprint density at radius 2 is 2.14 bits per heavy atom. The summed E-state index contributed by atoms with van der Waals surface area (Å²) in [6, 6.07) is 2.13. The van der Waals surface area contributed by atoms with Gasteiger partial charge in [-0.25, -0.2) is 4.98 Å². The van der Waals surface area contributed by atoms with Crippen LogP contribution in [0.5, 0.6) is 0 Å². The van der Waals surface area contributed by atoms with E-state index in [0.717, 1.165) is 22.9 Å². The molecular weight excluding hydrogens is 330 g/mol. The Labute approximate surface area is 135 Å². The minimum atomic E-state index is -0.106. The first-order valence-electron chi connectivity index (χ1n) is 7.42. The molecule has 4 nitrogen and oxygen atoms in total. The topological polar surface area (TPSA) is 68.0 Å². The summed E-state index contributed by atoms with van der Waals surface area (Å²) in [6.07, 6.45) is 3.43. The van der Waals surface area contributed by atoms with Crippen molar-refractivity contribution in [2.24, 2.45) is 23.0 Å². The first kappa shape index (κ1) is 16.4. The maximum atomic E-state index is 12.7. The number of carbonyl (C=O) groups is 1. The number of hydrogen-bond donors (Lipinski definition) is 2. The third-order valence-electron chi connectivity index (χ3n) is 5.11.